The lowest BCUT2D eigenvalue weighted by molar-refractivity contribution is -0.383. The monoisotopic (exact) mass is 297 g/mol. The number of nitrogens with zero attached hydrogens (tertiary/aromatic N) is 2. The first-order valence-electron chi connectivity index (χ1n) is 6.83. The predicted octanol–water partition coefficient (Wildman–Crippen LogP) is 2.13. The van der Waals surface area contributed by atoms with E-state index in [1.807, 2.05) is 11.0 Å². The van der Waals surface area contributed by atoms with E-state index in [4.69, 9.17) is 9.47 Å². The standard InChI is InChI=1S/C14H23N3O4/c1-15-12-6-4-7-13(14(12)17(18)19)16(9-11-21-3)8-5-10-20-2/h4,6-7,15H,5,8-11H2,1-3H3. The van der Waals surface area contributed by atoms with Gasteiger partial charge in [-0.05, 0) is 18.6 Å². The van der Waals surface area contributed by atoms with Gasteiger partial charge in [0.1, 0.15) is 11.4 Å². The first kappa shape index (κ1) is 17.2. The summed E-state index contributed by atoms with van der Waals surface area (Å²) in [7, 11) is 4.94. The zero-order valence-electron chi connectivity index (χ0n) is 12.8. The normalized spacial score (nSPS) is 10.4. The van der Waals surface area contributed by atoms with Gasteiger partial charge >= 0.3 is 5.69 Å². The molecule has 0 saturated carbocycles. The fraction of sp³-hybridized carbons (Fsp3) is 0.571. The highest BCUT2D eigenvalue weighted by Crippen LogP contribution is 2.35. The van der Waals surface area contributed by atoms with E-state index < -0.39 is 0 Å². The fourth-order valence-electron chi connectivity index (χ4n) is 2.13. The van der Waals surface area contributed by atoms with Crippen molar-refractivity contribution in [2.24, 2.45) is 0 Å². The Hall–Kier alpha value is -1.86. The summed E-state index contributed by atoms with van der Waals surface area (Å²) in [6, 6.07) is 5.27. The van der Waals surface area contributed by atoms with Crippen LogP contribution in [0.25, 0.3) is 0 Å². The van der Waals surface area contributed by atoms with Crippen LogP contribution in [0.2, 0.25) is 0 Å². The number of rotatable bonds is 10. The third-order valence-corrected chi connectivity index (χ3v) is 3.15. The maximum atomic E-state index is 11.4. The molecule has 0 aliphatic heterocycles. The highest BCUT2D eigenvalue weighted by Gasteiger charge is 2.23. The number of para-hydroxylation sites is 1. The fourth-order valence-corrected chi connectivity index (χ4v) is 2.13. The molecule has 0 atom stereocenters. The topological polar surface area (TPSA) is 76.9 Å². The molecule has 0 fully saturated rings. The summed E-state index contributed by atoms with van der Waals surface area (Å²) in [5.41, 5.74) is 1.19. The summed E-state index contributed by atoms with van der Waals surface area (Å²) in [4.78, 5) is 13.0. The first-order valence-corrected chi connectivity index (χ1v) is 6.83. The largest absolute Gasteiger partial charge is 0.385 e. The minimum Gasteiger partial charge on any atom is -0.385 e. The first-order chi connectivity index (χ1) is 10.2. The number of methoxy groups -OCH3 is 2. The lowest BCUT2D eigenvalue weighted by Crippen LogP contribution is -2.29. The Morgan fingerprint density at radius 1 is 1.24 bits per heavy atom. The molecule has 0 unspecified atom stereocenters. The van der Waals surface area contributed by atoms with E-state index in [1.54, 1.807) is 33.4 Å². The average Bonchev–Trinajstić information content (AvgIpc) is 2.49. The van der Waals surface area contributed by atoms with Crippen LogP contribution in [0.1, 0.15) is 6.42 Å². The highest BCUT2D eigenvalue weighted by atomic mass is 16.6. The van der Waals surface area contributed by atoms with Gasteiger partial charge in [0.05, 0.1) is 11.5 Å². The number of ether oxygens (including phenoxy) is 2. The number of nitro groups is 1. The average molecular weight is 297 g/mol. The summed E-state index contributed by atoms with van der Waals surface area (Å²) in [5, 5.41) is 14.3. The Kier molecular flexibility index (Phi) is 7.49. The Labute approximate surface area is 125 Å². The highest BCUT2D eigenvalue weighted by molar-refractivity contribution is 5.76. The minimum absolute atomic E-state index is 0.0912. The molecule has 118 valence electrons. The number of benzene rings is 1. The van der Waals surface area contributed by atoms with Gasteiger partial charge in [-0.1, -0.05) is 6.07 Å². The predicted molar refractivity (Wildman–Crippen MR) is 83.2 cm³/mol. The molecule has 21 heavy (non-hydrogen) atoms. The summed E-state index contributed by atoms with van der Waals surface area (Å²) < 4.78 is 10.1. The third-order valence-electron chi connectivity index (χ3n) is 3.15. The molecule has 0 amide bonds. The lowest BCUT2D eigenvalue weighted by Gasteiger charge is -2.24. The number of anilines is 2. The molecule has 7 heteroatoms. The van der Waals surface area contributed by atoms with Gasteiger partial charge < -0.3 is 19.7 Å². The molecule has 0 heterocycles. The van der Waals surface area contributed by atoms with Gasteiger partial charge in [0.25, 0.3) is 0 Å². The van der Waals surface area contributed by atoms with Crippen LogP contribution in [-0.4, -0.2) is 52.5 Å². The molecular formula is C14H23N3O4. The van der Waals surface area contributed by atoms with Gasteiger partial charge in [-0.15, -0.1) is 0 Å². The Morgan fingerprint density at radius 3 is 2.52 bits per heavy atom. The van der Waals surface area contributed by atoms with Gasteiger partial charge in [-0.25, -0.2) is 0 Å². The maximum Gasteiger partial charge on any atom is 0.315 e. The van der Waals surface area contributed by atoms with Crippen LogP contribution in [0.5, 0.6) is 0 Å². The maximum absolute atomic E-state index is 11.4. The smallest absolute Gasteiger partial charge is 0.315 e. The Bertz CT molecular complexity index is 454. The van der Waals surface area contributed by atoms with Crippen molar-refractivity contribution in [3.05, 3.63) is 28.3 Å². The van der Waals surface area contributed by atoms with Crippen LogP contribution >= 0.6 is 0 Å². The molecule has 0 aliphatic carbocycles. The molecule has 0 saturated heterocycles. The quantitative estimate of drug-likeness (QED) is 0.405. The number of hydrogen-bond acceptors (Lipinski definition) is 6. The molecule has 0 aliphatic rings. The molecule has 0 aromatic heterocycles. The number of nitro benzene ring substituents is 1. The van der Waals surface area contributed by atoms with Crippen LogP contribution in [0.15, 0.2) is 18.2 Å². The molecule has 7 nitrogen and oxygen atoms in total. The van der Waals surface area contributed by atoms with E-state index >= 15 is 0 Å². The van der Waals surface area contributed by atoms with Gasteiger partial charge in [0.2, 0.25) is 0 Å². The van der Waals surface area contributed by atoms with Crippen molar-refractivity contribution in [1.29, 1.82) is 0 Å². The summed E-state index contributed by atoms with van der Waals surface area (Å²) in [6.07, 6.45) is 0.793. The van der Waals surface area contributed by atoms with Crippen molar-refractivity contribution in [1.82, 2.24) is 0 Å². The SMILES string of the molecule is CNc1cccc(N(CCCOC)CCOC)c1[N+](=O)[O-]. The van der Waals surface area contributed by atoms with E-state index in [2.05, 4.69) is 5.32 Å². The van der Waals surface area contributed by atoms with Gasteiger partial charge in [-0.2, -0.15) is 0 Å². The summed E-state index contributed by atoms with van der Waals surface area (Å²) in [6.45, 7) is 2.39. The molecule has 1 rings (SSSR count). The molecule has 0 bridgehead atoms. The molecule has 1 aromatic rings. The summed E-state index contributed by atoms with van der Waals surface area (Å²) >= 11 is 0. The van der Waals surface area contributed by atoms with Gasteiger partial charge in [-0.3, -0.25) is 10.1 Å². The molecule has 0 spiro atoms. The van der Waals surface area contributed by atoms with Crippen LogP contribution in [0.4, 0.5) is 17.1 Å². The summed E-state index contributed by atoms with van der Waals surface area (Å²) in [5.74, 6) is 0. The van der Waals surface area contributed by atoms with E-state index in [0.717, 1.165) is 6.42 Å². The third kappa shape index (κ3) is 4.87. The number of nitrogens with one attached hydrogen (secondary N) is 1. The van der Waals surface area contributed by atoms with Gasteiger partial charge in [0.15, 0.2) is 0 Å². The van der Waals surface area contributed by atoms with E-state index in [1.165, 1.54) is 0 Å². The molecule has 1 N–H and O–H groups in total. The van der Waals surface area contributed by atoms with Crippen molar-refractivity contribution >= 4 is 17.1 Å². The molecule has 1 aromatic carbocycles. The van der Waals surface area contributed by atoms with Crippen molar-refractivity contribution in [2.75, 3.05) is 57.8 Å². The van der Waals surface area contributed by atoms with Crippen molar-refractivity contribution in [2.45, 2.75) is 6.42 Å². The molecule has 0 radical (unpaired) electrons. The van der Waals surface area contributed by atoms with Crippen LogP contribution < -0.4 is 10.2 Å². The van der Waals surface area contributed by atoms with Crippen LogP contribution in [-0.2, 0) is 9.47 Å². The Balaban J connectivity index is 3.06. The zero-order chi connectivity index (χ0) is 15.7. The van der Waals surface area contributed by atoms with Gasteiger partial charge in [0, 0.05) is 41.0 Å². The van der Waals surface area contributed by atoms with Crippen LogP contribution in [0.3, 0.4) is 0 Å². The molecular weight excluding hydrogens is 274 g/mol. The minimum atomic E-state index is -0.350. The van der Waals surface area contributed by atoms with E-state index in [0.29, 0.717) is 37.7 Å². The van der Waals surface area contributed by atoms with E-state index in [9.17, 15) is 10.1 Å². The van der Waals surface area contributed by atoms with Crippen molar-refractivity contribution < 1.29 is 14.4 Å². The van der Waals surface area contributed by atoms with Crippen molar-refractivity contribution in [3.8, 4) is 0 Å². The second kappa shape index (κ2) is 9.15. The zero-order valence-corrected chi connectivity index (χ0v) is 12.8. The second-order valence-corrected chi connectivity index (χ2v) is 4.51. The number of hydrogen-bond donors (Lipinski definition) is 1. The van der Waals surface area contributed by atoms with E-state index in [-0.39, 0.29) is 10.6 Å². The lowest BCUT2D eigenvalue weighted by atomic mass is 10.2. The second-order valence-electron chi connectivity index (χ2n) is 4.51. The van der Waals surface area contributed by atoms with Crippen molar-refractivity contribution in [3.63, 3.8) is 0 Å². The van der Waals surface area contributed by atoms with Crippen LogP contribution in [0, 0.1) is 10.1 Å². The Morgan fingerprint density at radius 2 is 1.95 bits per heavy atom.